The van der Waals surface area contributed by atoms with E-state index in [1.807, 2.05) is 24.5 Å². The molecule has 2 aliphatic heterocycles. The second kappa shape index (κ2) is 8.55. The molecule has 0 saturated carbocycles. The minimum Gasteiger partial charge on any atom is -0.307 e. The Bertz CT molecular complexity index is 1180. The van der Waals surface area contributed by atoms with E-state index in [2.05, 4.69) is 62.0 Å². The maximum Gasteiger partial charge on any atom is 0.263 e. The predicted molar refractivity (Wildman–Crippen MR) is 130 cm³/mol. The maximum absolute atomic E-state index is 12.0. The highest BCUT2D eigenvalue weighted by Crippen LogP contribution is 2.27. The van der Waals surface area contributed by atoms with E-state index < -0.39 is 0 Å². The van der Waals surface area contributed by atoms with Crippen LogP contribution in [-0.4, -0.2) is 62.8 Å². The van der Waals surface area contributed by atoms with Crippen molar-refractivity contribution in [1.29, 1.82) is 0 Å². The van der Waals surface area contributed by atoms with Crippen LogP contribution in [0.3, 0.4) is 0 Å². The summed E-state index contributed by atoms with van der Waals surface area (Å²) in [6, 6.07) is 14.7. The number of rotatable bonds is 4. The van der Waals surface area contributed by atoms with Gasteiger partial charge in [-0.15, -0.1) is 0 Å². The molecule has 8 heteroatoms. The van der Waals surface area contributed by atoms with Gasteiger partial charge in [-0.25, -0.2) is 4.98 Å². The molecule has 3 heterocycles. The fraction of sp³-hybridized carbons (Fsp3) is 0.261. The first kappa shape index (κ1) is 20.4. The van der Waals surface area contributed by atoms with Crippen LogP contribution < -0.4 is 5.32 Å². The minimum absolute atomic E-state index is 0.139. The second-order valence-electron chi connectivity index (χ2n) is 7.96. The third-order valence-electron chi connectivity index (χ3n) is 5.73. The molecule has 158 valence electrons. The largest absolute Gasteiger partial charge is 0.307 e. The SMILES string of the molecule is CN1CCN(Cc2ccc(-n3cnc4ccc(C=C5SC(=S)NC5=O)cc43)cc2)CC1. The average Bonchev–Trinajstić information content (AvgIpc) is 3.32. The Morgan fingerprint density at radius 1 is 1.13 bits per heavy atom. The molecule has 3 aromatic rings. The Kier molecular flexibility index (Phi) is 5.62. The Morgan fingerprint density at radius 2 is 1.90 bits per heavy atom. The lowest BCUT2D eigenvalue weighted by Gasteiger charge is -2.32. The number of aromatic nitrogens is 2. The molecule has 1 N–H and O–H groups in total. The molecule has 6 nitrogen and oxygen atoms in total. The maximum atomic E-state index is 12.0. The molecule has 2 saturated heterocycles. The van der Waals surface area contributed by atoms with Crippen LogP contribution in [0.4, 0.5) is 0 Å². The molecule has 0 unspecified atom stereocenters. The molecule has 0 spiro atoms. The summed E-state index contributed by atoms with van der Waals surface area (Å²) in [5.74, 6) is -0.139. The predicted octanol–water partition coefficient (Wildman–Crippen LogP) is 3.26. The van der Waals surface area contributed by atoms with Crippen molar-refractivity contribution < 1.29 is 4.79 Å². The van der Waals surface area contributed by atoms with Gasteiger partial charge in [0.05, 0.1) is 15.9 Å². The molecule has 0 aliphatic carbocycles. The number of fused-ring (bicyclic) bond motifs is 1. The molecule has 2 fully saturated rings. The van der Waals surface area contributed by atoms with E-state index in [9.17, 15) is 4.79 Å². The Hall–Kier alpha value is -2.52. The lowest BCUT2D eigenvalue weighted by molar-refractivity contribution is -0.115. The number of imidazole rings is 1. The van der Waals surface area contributed by atoms with Gasteiger partial charge in [0.25, 0.3) is 5.91 Å². The highest BCUT2D eigenvalue weighted by Gasteiger charge is 2.22. The molecule has 5 rings (SSSR count). The van der Waals surface area contributed by atoms with Crippen molar-refractivity contribution in [2.24, 2.45) is 0 Å². The summed E-state index contributed by atoms with van der Waals surface area (Å²) in [5, 5.41) is 2.66. The third kappa shape index (κ3) is 4.43. The number of likely N-dealkylation sites (N-methyl/N-ethyl adjacent to an activating group) is 1. The topological polar surface area (TPSA) is 53.4 Å². The standard InChI is InChI=1S/C23H23N5OS2/c1-26-8-10-27(11-9-26)14-16-2-5-18(6-3-16)28-15-24-19-7-4-17(12-20(19)28)13-21-22(29)25-23(30)31-21/h2-7,12-13,15H,8-11,14H2,1H3,(H,25,29,30). The highest BCUT2D eigenvalue weighted by atomic mass is 32.2. The first-order valence-electron chi connectivity index (χ1n) is 10.3. The molecule has 0 bridgehead atoms. The van der Waals surface area contributed by atoms with Crippen LogP contribution in [0.25, 0.3) is 22.8 Å². The number of benzene rings is 2. The van der Waals surface area contributed by atoms with Crippen molar-refractivity contribution in [3.05, 3.63) is 64.8 Å². The normalized spacial score (nSPS) is 19.5. The van der Waals surface area contributed by atoms with Gasteiger partial charge in [0.15, 0.2) is 0 Å². The summed E-state index contributed by atoms with van der Waals surface area (Å²) < 4.78 is 2.59. The number of nitrogens with zero attached hydrogens (tertiary/aromatic N) is 4. The van der Waals surface area contributed by atoms with Crippen LogP contribution in [0.1, 0.15) is 11.1 Å². The highest BCUT2D eigenvalue weighted by molar-refractivity contribution is 8.26. The van der Waals surface area contributed by atoms with E-state index in [0.29, 0.717) is 9.23 Å². The van der Waals surface area contributed by atoms with Crippen LogP contribution in [0.2, 0.25) is 0 Å². The number of nitrogens with one attached hydrogen (secondary N) is 1. The van der Waals surface area contributed by atoms with Crippen molar-refractivity contribution in [2.75, 3.05) is 33.2 Å². The van der Waals surface area contributed by atoms with E-state index >= 15 is 0 Å². The van der Waals surface area contributed by atoms with Crippen LogP contribution in [0.5, 0.6) is 0 Å². The fourth-order valence-corrected chi connectivity index (χ4v) is 4.96. The zero-order chi connectivity index (χ0) is 21.4. The molecule has 0 atom stereocenters. The smallest absolute Gasteiger partial charge is 0.263 e. The first-order valence-corrected chi connectivity index (χ1v) is 11.5. The number of amides is 1. The first-order chi connectivity index (χ1) is 15.0. The number of hydrogen-bond donors (Lipinski definition) is 1. The minimum atomic E-state index is -0.139. The van der Waals surface area contributed by atoms with Crippen molar-refractivity contribution in [3.8, 4) is 5.69 Å². The summed E-state index contributed by atoms with van der Waals surface area (Å²) >= 11 is 6.37. The van der Waals surface area contributed by atoms with Crippen molar-refractivity contribution in [2.45, 2.75) is 6.54 Å². The summed E-state index contributed by atoms with van der Waals surface area (Å²) in [6.45, 7) is 5.47. The van der Waals surface area contributed by atoms with Crippen LogP contribution in [0.15, 0.2) is 53.7 Å². The zero-order valence-electron chi connectivity index (χ0n) is 17.2. The molecule has 1 amide bonds. The van der Waals surface area contributed by atoms with Gasteiger partial charge in [-0.05, 0) is 48.5 Å². The van der Waals surface area contributed by atoms with E-state index in [0.717, 1.165) is 55.0 Å². The van der Waals surface area contributed by atoms with Crippen LogP contribution in [0, 0.1) is 0 Å². The van der Waals surface area contributed by atoms with Crippen LogP contribution in [-0.2, 0) is 11.3 Å². The quantitative estimate of drug-likeness (QED) is 0.487. The number of piperazine rings is 1. The van der Waals surface area contributed by atoms with Gasteiger partial charge < -0.3 is 10.2 Å². The molecule has 31 heavy (non-hydrogen) atoms. The van der Waals surface area contributed by atoms with E-state index in [-0.39, 0.29) is 5.91 Å². The number of hydrogen-bond acceptors (Lipinski definition) is 6. The zero-order valence-corrected chi connectivity index (χ0v) is 18.9. The molecule has 1 aromatic heterocycles. The van der Waals surface area contributed by atoms with E-state index in [4.69, 9.17) is 12.2 Å². The Labute approximate surface area is 190 Å². The van der Waals surface area contributed by atoms with Crippen molar-refractivity contribution >= 4 is 51.3 Å². The monoisotopic (exact) mass is 449 g/mol. The Balaban J connectivity index is 1.38. The number of thiocarbonyl (C=S) groups is 1. The number of thioether (sulfide) groups is 1. The van der Waals surface area contributed by atoms with Gasteiger partial charge >= 0.3 is 0 Å². The molecule has 0 radical (unpaired) electrons. The molecular weight excluding hydrogens is 426 g/mol. The molecule has 2 aliphatic rings. The fourth-order valence-electron chi connectivity index (χ4n) is 3.92. The van der Waals surface area contributed by atoms with Gasteiger partial charge in [-0.2, -0.15) is 0 Å². The second-order valence-corrected chi connectivity index (χ2v) is 9.68. The van der Waals surface area contributed by atoms with Crippen molar-refractivity contribution in [3.63, 3.8) is 0 Å². The van der Waals surface area contributed by atoms with Gasteiger partial charge in [0, 0.05) is 38.4 Å². The van der Waals surface area contributed by atoms with E-state index in [1.165, 1.54) is 17.3 Å². The van der Waals surface area contributed by atoms with Gasteiger partial charge in [0.2, 0.25) is 0 Å². The Morgan fingerprint density at radius 3 is 2.61 bits per heavy atom. The average molecular weight is 450 g/mol. The third-order valence-corrected chi connectivity index (χ3v) is 6.89. The molecule has 2 aromatic carbocycles. The summed E-state index contributed by atoms with van der Waals surface area (Å²) in [4.78, 5) is 22.0. The van der Waals surface area contributed by atoms with Gasteiger partial charge in [-0.1, -0.05) is 42.2 Å². The lowest BCUT2D eigenvalue weighted by Crippen LogP contribution is -2.43. The van der Waals surface area contributed by atoms with Crippen molar-refractivity contribution in [1.82, 2.24) is 24.7 Å². The van der Waals surface area contributed by atoms with Crippen LogP contribution >= 0.6 is 24.0 Å². The summed E-state index contributed by atoms with van der Waals surface area (Å²) in [7, 11) is 2.18. The number of carbonyl (C=O) groups is 1. The summed E-state index contributed by atoms with van der Waals surface area (Å²) in [5.41, 5.74) is 5.27. The lowest BCUT2D eigenvalue weighted by atomic mass is 10.1. The number of carbonyl (C=O) groups excluding carboxylic acids is 1. The molecular formula is C23H23N5OS2. The van der Waals surface area contributed by atoms with Gasteiger partial charge in [-0.3, -0.25) is 14.3 Å². The van der Waals surface area contributed by atoms with Gasteiger partial charge in [0.1, 0.15) is 10.6 Å². The van der Waals surface area contributed by atoms with E-state index in [1.54, 1.807) is 0 Å². The summed E-state index contributed by atoms with van der Waals surface area (Å²) in [6.07, 6.45) is 3.72.